The van der Waals surface area contributed by atoms with Crippen molar-refractivity contribution in [3.05, 3.63) is 51.7 Å². The van der Waals surface area contributed by atoms with Crippen LogP contribution in [0.3, 0.4) is 0 Å². The summed E-state index contributed by atoms with van der Waals surface area (Å²) in [5.74, 6) is 0.774. The smallest absolute Gasteiger partial charge is 0.263 e. The van der Waals surface area contributed by atoms with Crippen molar-refractivity contribution in [2.75, 3.05) is 20.2 Å². The molecule has 19 heavy (non-hydrogen) atoms. The van der Waals surface area contributed by atoms with Gasteiger partial charge in [-0.05, 0) is 35.7 Å². The van der Waals surface area contributed by atoms with Crippen LogP contribution in [-0.2, 0) is 0 Å². The van der Waals surface area contributed by atoms with Crippen molar-refractivity contribution < 1.29 is 9.53 Å². The lowest BCUT2D eigenvalue weighted by Crippen LogP contribution is -2.30. The van der Waals surface area contributed by atoms with E-state index in [1.807, 2.05) is 29.6 Å². The fourth-order valence-corrected chi connectivity index (χ4v) is 2.36. The van der Waals surface area contributed by atoms with Crippen LogP contribution in [0.4, 0.5) is 0 Å². The molecule has 0 aliphatic carbocycles. The molecule has 1 heterocycles. The summed E-state index contributed by atoms with van der Waals surface area (Å²) in [7, 11) is 1.77. The highest BCUT2D eigenvalue weighted by Gasteiger charge is 2.11. The standard InChI is InChI=1S/C14H14ClNO2S/c1-16(14(17)13-3-2-10-19-13)8-9-18-12-6-4-11(15)5-7-12/h2-7,10H,8-9H2,1H3. The second-order valence-corrected chi connectivity index (χ2v) is 5.39. The van der Waals surface area contributed by atoms with Crippen molar-refractivity contribution >= 4 is 28.8 Å². The molecular weight excluding hydrogens is 282 g/mol. The van der Waals surface area contributed by atoms with E-state index in [2.05, 4.69) is 0 Å². The predicted molar refractivity (Wildman–Crippen MR) is 78.2 cm³/mol. The minimum atomic E-state index is 0.0229. The number of hydrogen-bond donors (Lipinski definition) is 0. The molecule has 0 aliphatic rings. The zero-order valence-electron chi connectivity index (χ0n) is 10.5. The van der Waals surface area contributed by atoms with Gasteiger partial charge in [0.1, 0.15) is 12.4 Å². The van der Waals surface area contributed by atoms with Crippen molar-refractivity contribution in [2.45, 2.75) is 0 Å². The second-order valence-electron chi connectivity index (χ2n) is 4.01. The van der Waals surface area contributed by atoms with Crippen molar-refractivity contribution in [3.63, 3.8) is 0 Å². The number of benzene rings is 1. The highest BCUT2D eigenvalue weighted by atomic mass is 35.5. The quantitative estimate of drug-likeness (QED) is 0.844. The van der Waals surface area contributed by atoms with E-state index in [-0.39, 0.29) is 5.91 Å². The molecule has 5 heteroatoms. The second kappa shape index (κ2) is 6.59. The van der Waals surface area contributed by atoms with Gasteiger partial charge < -0.3 is 9.64 Å². The minimum Gasteiger partial charge on any atom is -0.492 e. The molecule has 0 saturated carbocycles. The Morgan fingerprint density at radius 2 is 2.05 bits per heavy atom. The normalized spacial score (nSPS) is 10.2. The maximum Gasteiger partial charge on any atom is 0.263 e. The first kappa shape index (κ1) is 13.9. The van der Waals surface area contributed by atoms with Crippen molar-refractivity contribution in [2.24, 2.45) is 0 Å². The monoisotopic (exact) mass is 295 g/mol. The molecule has 0 aliphatic heterocycles. The van der Waals surface area contributed by atoms with Crippen LogP contribution < -0.4 is 4.74 Å². The van der Waals surface area contributed by atoms with Gasteiger partial charge in [-0.1, -0.05) is 17.7 Å². The summed E-state index contributed by atoms with van der Waals surface area (Å²) < 4.78 is 5.55. The van der Waals surface area contributed by atoms with Gasteiger partial charge >= 0.3 is 0 Å². The number of rotatable bonds is 5. The van der Waals surface area contributed by atoms with Gasteiger partial charge in [-0.2, -0.15) is 0 Å². The molecule has 0 spiro atoms. The molecule has 100 valence electrons. The van der Waals surface area contributed by atoms with E-state index in [9.17, 15) is 4.79 Å². The Kier molecular flexibility index (Phi) is 4.82. The Morgan fingerprint density at radius 1 is 1.32 bits per heavy atom. The van der Waals surface area contributed by atoms with Gasteiger partial charge in [0.05, 0.1) is 11.4 Å². The third-order valence-electron chi connectivity index (χ3n) is 2.59. The SMILES string of the molecule is CN(CCOc1ccc(Cl)cc1)C(=O)c1cccs1. The summed E-state index contributed by atoms with van der Waals surface area (Å²) in [5.41, 5.74) is 0. The number of hydrogen-bond acceptors (Lipinski definition) is 3. The fraction of sp³-hybridized carbons (Fsp3) is 0.214. The van der Waals surface area contributed by atoms with Crippen molar-refractivity contribution in [3.8, 4) is 5.75 Å². The number of thiophene rings is 1. The summed E-state index contributed by atoms with van der Waals surface area (Å²) in [4.78, 5) is 14.4. The lowest BCUT2D eigenvalue weighted by Gasteiger charge is -2.16. The lowest BCUT2D eigenvalue weighted by molar-refractivity contribution is 0.0778. The van der Waals surface area contributed by atoms with E-state index in [1.165, 1.54) is 11.3 Å². The summed E-state index contributed by atoms with van der Waals surface area (Å²) in [5, 5.41) is 2.57. The van der Waals surface area contributed by atoms with Crippen LogP contribution in [0, 0.1) is 0 Å². The Morgan fingerprint density at radius 3 is 2.68 bits per heavy atom. The minimum absolute atomic E-state index is 0.0229. The van der Waals surface area contributed by atoms with Crippen LogP contribution in [0.1, 0.15) is 9.67 Å². The third-order valence-corrected chi connectivity index (χ3v) is 3.70. The molecule has 0 fully saturated rings. The zero-order valence-corrected chi connectivity index (χ0v) is 12.1. The summed E-state index contributed by atoms with van der Waals surface area (Å²) in [6, 6.07) is 10.9. The van der Waals surface area contributed by atoms with Gasteiger partial charge in [-0.15, -0.1) is 11.3 Å². The van der Waals surface area contributed by atoms with E-state index in [0.717, 1.165) is 10.6 Å². The topological polar surface area (TPSA) is 29.5 Å². The highest BCUT2D eigenvalue weighted by molar-refractivity contribution is 7.12. The van der Waals surface area contributed by atoms with Crippen LogP contribution >= 0.6 is 22.9 Å². The average Bonchev–Trinajstić information content (AvgIpc) is 2.94. The fourth-order valence-electron chi connectivity index (χ4n) is 1.52. The Bertz CT molecular complexity index is 525. The number of carbonyl (C=O) groups excluding carboxylic acids is 1. The van der Waals surface area contributed by atoms with Crippen LogP contribution in [0.5, 0.6) is 5.75 Å². The summed E-state index contributed by atoms with van der Waals surface area (Å²) in [6.45, 7) is 0.995. The van der Waals surface area contributed by atoms with E-state index in [4.69, 9.17) is 16.3 Å². The van der Waals surface area contributed by atoms with Gasteiger partial charge in [0.15, 0.2) is 0 Å². The highest BCUT2D eigenvalue weighted by Crippen LogP contribution is 2.15. The van der Waals surface area contributed by atoms with E-state index in [0.29, 0.717) is 18.2 Å². The number of amides is 1. The molecule has 1 amide bonds. The van der Waals surface area contributed by atoms with Gasteiger partial charge in [-0.25, -0.2) is 0 Å². The molecule has 0 bridgehead atoms. The van der Waals surface area contributed by atoms with Gasteiger partial charge in [0, 0.05) is 12.1 Å². The molecular formula is C14H14ClNO2S. The molecule has 0 atom stereocenters. The van der Waals surface area contributed by atoms with Gasteiger partial charge in [-0.3, -0.25) is 4.79 Å². The van der Waals surface area contributed by atoms with E-state index < -0.39 is 0 Å². The predicted octanol–water partition coefficient (Wildman–Crippen LogP) is 3.55. The molecule has 1 aromatic heterocycles. The molecule has 2 rings (SSSR count). The van der Waals surface area contributed by atoms with E-state index >= 15 is 0 Å². The molecule has 2 aromatic rings. The first-order valence-corrected chi connectivity index (χ1v) is 7.10. The average molecular weight is 296 g/mol. The zero-order chi connectivity index (χ0) is 13.7. The van der Waals surface area contributed by atoms with Crippen LogP contribution in [-0.4, -0.2) is 31.0 Å². The molecule has 0 N–H and O–H groups in total. The number of nitrogens with zero attached hydrogens (tertiary/aromatic N) is 1. The van der Waals surface area contributed by atoms with Gasteiger partial charge in [0.25, 0.3) is 5.91 Å². The molecule has 1 aromatic carbocycles. The van der Waals surface area contributed by atoms with E-state index in [1.54, 1.807) is 24.1 Å². The maximum absolute atomic E-state index is 12.0. The van der Waals surface area contributed by atoms with Crippen molar-refractivity contribution in [1.82, 2.24) is 4.90 Å². The molecule has 3 nitrogen and oxygen atoms in total. The van der Waals surface area contributed by atoms with Crippen LogP contribution in [0.2, 0.25) is 5.02 Å². The Labute approximate surface area is 121 Å². The van der Waals surface area contributed by atoms with Crippen LogP contribution in [0.15, 0.2) is 41.8 Å². The molecule has 0 radical (unpaired) electrons. The number of ether oxygens (including phenoxy) is 1. The largest absolute Gasteiger partial charge is 0.492 e. The Hall–Kier alpha value is -1.52. The number of carbonyl (C=O) groups is 1. The number of halogens is 1. The molecule has 0 unspecified atom stereocenters. The summed E-state index contributed by atoms with van der Waals surface area (Å²) >= 11 is 7.23. The summed E-state index contributed by atoms with van der Waals surface area (Å²) in [6.07, 6.45) is 0. The maximum atomic E-state index is 12.0. The lowest BCUT2D eigenvalue weighted by atomic mass is 10.3. The first-order chi connectivity index (χ1) is 9.16. The Balaban J connectivity index is 1.79. The van der Waals surface area contributed by atoms with Crippen molar-refractivity contribution in [1.29, 1.82) is 0 Å². The first-order valence-electron chi connectivity index (χ1n) is 5.84. The third kappa shape index (κ3) is 3.98. The van der Waals surface area contributed by atoms with Crippen LogP contribution in [0.25, 0.3) is 0 Å². The number of likely N-dealkylation sites (N-methyl/N-ethyl adjacent to an activating group) is 1. The molecule has 0 saturated heterocycles. The van der Waals surface area contributed by atoms with Gasteiger partial charge in [0.2, 0.25) is 0 Å².